The Kier molecular flexibility index (Phi) is 7.16. The quantitative estimate of drug-likeness (QED) is 0.674. The lowest BCUT2D eigenvalue weighted by molar-refractivity contribution is -0.133. The van der Waals surface area contributed by atoms with E-state index in [0.29, 0.717) is 39.1 Å². The van der Waals surface area contributed by atoms with Crippen LogP contribution in [0.4, 0.5) is 16.2 Å². The molecular weight excluding hydrogens is 412 g/mol. The second-order valence-electron chi connectivity index (χ2n) is 8.92. The maximum Gasteiger partial charge on any atom is 0.410 e. The van der Waals surface area contributed by atoms with E-state index in [2.05, 4.69) is 15.5 Å². The summed E-state index contributed by atoms with van der Waals surface area (Å²) in [6, 6.07) is 5.39. The number of nitrogens with zero attached hydrogens (tertiary/aromatic N) is 2. The highest BCUT2D eigenvalue weighted by Crippen LogP contribution is 2.37. The predicted octanol–water partition coefficient (Wildman–Crippen LogP) is 2.75. The summed E-state index contributed by atoms with van der Waals surface area (Å²) in [6.45, 7) is 11.9. The maximum atomic E-state index is 12.4. The second kappa shape index (κ2) is 9.67. The number of benzene rings is 1. The minimum Gasteiger partial charge on any atom is -0.489 e. The Hall–Kier alpha value is -2.97. The van der Waals surface area contributed by atoms with Crippen LogP contribution in [-0.4, -0.2) is 66.7 Å². The van der Waals surface area contributed by atoms with E-state index < -0.39 is 11.6 Å². The van der Waals surface area contributed by atoms with Crippen molar-refractivity contribution in [3.63, 3.8) is 0 Å². The molecule has 176 valence electrons. The van der Waals surface area contributed by atoms with Gasteiger partial charge in [0.1, 0.15) is 24.0 Å². The van der Waals surface area contributed by atoms with Crippen LogP contribution in [0.2, 0.25) is 0 Å². The number of anilines is 2. The molecule has 2 fully saturated rings. The lowest BCUT2D eigenvalue weighted by atomic mass is 10.0. The highest BCUT2D eigenvalue weighted by molar-refractivity contribution is 6.01. The van der Waals surface area contributed by atoms with Gasteiger partial charge in [-0.2, -0.15) is 0 Å². The number of nitrogens with one attached hydrogen (secondary N) is 2. The minimum atomic E-state index is -0.518. The third-order valence-electron chi connectivity index (χ3n) is 5.41. The van der Waals surface area contributed by atoms with E-state index in [1.807, 2.05) is 52.8 Å². The number of fused-ring (bicyclic) bond motifs is 3. The molecule has 2 saturated heterocycles. The summed E-state index contributed by atoms with van der Waals surface area (Å²) in [5.74, 6) is 0.209. The molecule has 0 spiro atoms. The van der Waals surface area contributed by atoms with Gasteiger partial charge in [-0.05, 0) is 39.3 Å². The van der Waals surface area contributed by atoms with E-state index in [1.165, 1.54) is 0 Å². The van der Waals surface area contributed by atoms with Gasteiger partial charge >= 0.3 is 6.09 Å². The lowest BCUT2D eigenvalue weighted by Gasteiger charge is -2.45. The molecular formula is C23H34N4O5. The van der Waals surface area contributed by atoms with E-state index in [1.54, 1.807) is 4.90 Å². The third kappa shape index (κ3) is 5.44. The number of amides is 3. The standard InChI is InChI=1S/C21H28N4O5.C2H6/c1-21(2,3)30-20(28)24-8-9-25-14(11-24)12-29-17-10-13(4-6-16(17)25)22-15-5-7-18(26)23-19(15)27;1-2/h4,6,10,14-15,22H,5,7-9,11-12H2,1-3H3,(H,23,26,27);1-2H3. The van der Waals surface area contributed by atoms with Gasteiger partial charge < -0.3 is 24.6 Å². The average Bonchev–Trinajstić information content (AvgIpc) is 2.75. The molecule has 2 atom stereocenters. The lowest BCUT2D eigenvalue weighted by Crippen LogP contribution is -2.59. The zero-order valence-corrected chi connectivity index (χ0v) is 19.6. The molecule has 0 saturated carbocycles. The van der Waals surface area contributed by atoms with Gasteiger partial charge in [0.05, 0.1) is 11.7 Å². The van der Waals surface area contributed by atoms with Crippen molar-refractivity contribution in [2.75, 3.05) is 36.5 Å². The Balaban J connectivity index is 0.00000141. The highest BCUT2D eigenvalue weighted by atomic mass is 16.6. The Labute approximate surface area is 189 Å². The molecule has 3 aliphatic heterocycles. The summed E-state index contributed by atoms with van der Waals surface area (Å²) in [5, 5.41) is 5.54. The topological polar surface area (TPSA) is 100 Å². The molecule has 0 radical (unpaired) electrons. The summed E-state index contributed by atoms with van der Waals surface area (Å²) in [4.78, 5) is 39.7. The molecule has 3 amide bonds. The number of hydrogen-bond donors (Lipinski definition) is 2. The number of piperidine rings is 1. The van der Waals surface area contributed by atoms with Crippen molar-refractivity contribution < 1.29 is 23.9 Å². The number of carbonyl (C=O) groups is 3. The van der Waals surface area contributed by atoms with Crippen LogP contribution in [0.25, 0.3) is 0 Å². The Morgan fingerprint density at radius 3 is 2.66 bits per heavy atom. The van der Waals surface area contributed by atoms with Gasteiger partial charge in [-0.15, -0.1) is 0 Å². The normalized spacial score (nSPS) is 22.4. The summed E-state index contributed by atoms with van der Waals surface area (Å²) in [6.07, 6.45) is 0.503. The summed E-state index contributed by atoms with van der Waals surface area (Å²) in [7, 11) is 0. The molecule has 2 unspecified atom stereocenters. The van der Waals surface area contributed by atoms with Crippen molar-refractivity contribution in [1.82, 2.24) is 10.2 Å². The van der Waals surface area contributed by atoms with Gasteiger partial charge in [-0.3, -0.25) is 14.9 Å². The van der Waals surface area contributed by atoms with Crippen LogP contribution in [0.3, 0.4) is 0 Å². The van der Waals surface area contributed by atoms with Crippen molar-refractivity contribution in [3.05, 3.63) is 18.2 Å². The van der Waals surface area contributed by atoms with Crippen molar-refractivity contribution in [2.24, 2.45) is 0 Å². The number of ether oxygens (including phenoxy) is 2. The molecule has 1 aromatic carbocycles. The van der Waals surface area contributed by atoms with Gasteiger partial charge in [0, 0.05) is 37.8 Å². The van der Waals surface area contributed by atoms with Crippen molar-refractivity contribution in [3.8, 4) is 5.75 Å². The van der Waals surface area contributed by atoms with Crippen LogP contribution in [0.5, 0.6) is 5.75 Å². The van der Waals surface area contributed by atoms with Crippen molar-refractivity contribution >= 4 is 29.3 Å². The summed E-state index contributed by atoms with van der Waals surface area (Å²) in [5.41, 5.74) is 1.23. The molecule has 3 aliphatic rings. The molecule has 1 aromatic rings. The van der Waals surface area contributed by atoms with Gasteiger partial charge in [0.15, 0.2) is 0 Å². The van der Waals surface area contributed by atoms with Crippen LogP contribution in [-0.2, 0) is 14.3 Å². The first-order valence-electron chi connectivity index (χ1n) is 11.3. The van der Waals surface area contributed by atoms with Crippen molar-refractivity contribution in [1.29, 1.82) is 0 Å². The SMILES string of the molecule is CC.CC(C)(C)OC(=O)N1CCN2c3ccc(NC4CCC(=O)NC4=O)cc3OCC2C1. The Morgan fingerprint density at radius 2 is 1.97 bits per heavy atom. The molecule has 2 N–H and O–H groups in total. The van der Waals surface area contributed by atoms with Crippen LogP contribution < -0.4 is 20.3 Å². The van der Waals surface area contributed by atoms with Gasteiger partial charge in [0.2, 0.25) is 11.8 Å². The van der Waals surface area contributed by atoms with E-state index >= 15 is 0 Å². The molecule has 3 heterocycles. The monoisotopic (exact) mass is 446 g/mol. The van der Waals surface area contributed by atoms with Crippen LogP contribution in [0.1, 0.15) is 47.5 Å². The fourth-order valence-corrected chi connectivity index (χ4v) is 3.98. The molecule has 9 nitrogen and oxygen atoms in total. The van der Waals surface area contributed by atoms with E-state index in [4.69, 9.17) is 9.47 Å². The second-order valence-corrected chi connectivity index (χ2v) is 8.92. The molecule has 0 aromatic heterocycles. The predicted molar refractivity (Wildman–Crippen MR) is 122 cm³/mol. The van der Waals surface area contributed by atoms with Crippen molar-refractivity contribution in [2.45, 2.75) is 65.1 Å². The smallest absolute Gasteiger partial charge is 0.410 e. The Bertz CT molecular complexity index is 866. The molecule has 0 aliphatic carbocycles. The minimum absolute atomic E-state index is 0.0627. The maximum absolute atomic E-state index is 12.4. The molecule has 0 bridgehead atoms. The van der Waals surface area contributed by atoms with Crippen LogP contribution in [0, 0.1) is 0 Å². The van der Waals surface area contributed by atoms with Crippen LogP contribution in [0.15, 0.2) is 18.2 Å². The van der Waals surface area contributed by atoms with E-state index in [-0.39, 0.29) is 23.9 Å². The number of carbonyl (C=O) groups excluding carboxylic acids is 3. The van der Waals surface area contributed by atoms with Gasteiger partial charge in [-0.25, -0.2) is 4.79 Å². The molecule has 9 heteroatoms. The first-order valence-corrected chi connectivity index (χ1v) is 11.3. The van der Waals surface area contributed by atoms with E-state index in [9.17, 15) is 14.4 Å². The number of hydrogen-bond acceptors (Lipinski definition) is 7. The number of imide groups is 1. The average molecular weight is 447 g/mol. The summed E-state index contributed by atoms with van der Waals surface area (Å²) >= 11 is 0. The first kappa shape index (κ1) is 23.7. The first-order chi connectivity index (χ1) is 15.2. The molecule has 4 rings (SSSR count). The third-order valence-corrected chi connectivity index (χ3v) is 5.41. The number of piperazine rings is 1. The fourth-order valence-electron chi connectivity index (χ4n) is 3.98. The van der Waals surface area contributed by atoms with E-state index in [0.717, 1.165) is 17.1 Å². The Morgan fingerprint density at radius 1 is 1.22 bits per heavy atom. The molecule has 32 heavy (non-hydrogen) atoms. The largest absolute Gasteiger partial charge is 0.489 e. The summed E-state index contributed by atoms with van der Waals surface area (Å²) < 4.78 is 11.5. The zero-order valence-electron chi connectivity index (χ0n) is 19.6. The highest BCUT2D eigenvalue weighted by Gasteiger charge is 2.36. The number of rotatable bonds is 2. The van der Waals surface area contributed by atoms with Gasteiger partial charge in [-0.1, -0.05) is 13.8 Å². The fraction of sp³-hybridized carbons (Fsp3) is 0.609. The van der Waals surface area contributed by atoms with Gasteiger partial charge in [0.25, 0.3) is 0 Å². The zero-order chi connectivity index (χ0) is 23.5. The van der Waals surface area contributed by atoms with Crippen LogP contribution >= 0.6 is 0 Å².